The fraction of sp³-hybridized carbons (Fsp3) is 0.0556. The van der Waals surface area contributed by atoms with Gasteiger partial charge in [0.1, 0.15) is 5.75 Å². The standard InChI is InChI=1S/C18H10Br2Cl2N2O4S/c19-10-3-8(4-11(20)16(10)28-7-15(25)26)5-14-17(27)24-18(29-14)23-9-1-2-12(21)13(22)6-9/h1-6H,7H2,(H,25,26)(H,23,24,27)/b14-5+. The van der Waals surface area contributed by atoms with E-state index in [2.05, 4.69) is 42.2 Å². The SMILES string of the molecule is O=C(O)COc1c(Br)cc(/C=C2/SC(=Nc3ccc(Cl)c(Cl)c3)NC2=O)cc1Br. The average molecular weight is 581 g/mol. The molecule has 0 spiro atoms. The topological polar surface area (TPSA) is 88.0 Å². The maximum atomic E-state index is 12.3. The largest absolute Gasteiger partial charge is 0.480 e. The summed E-state index contributed by atoms with van der Waals surface area (Å²) in [5, 5.41) is 12.7. The summed E-state index contributed by atoms with van der Waals surface area (Å²) in [6, 6.07) is 8.37. The highest BCUT2D eigenvalue weighted by Crippen LogP contribution is 2.37. The van der Waals surface area contributed by atoms with Crippen molar-refractivity contribution in [2.45, 2.75) is 0 Å². The first kappa shape index (κ1) is 22.2. The molecule has 2 aromatic rings. The molecule has 6 nitrogen and oxygen atoms in total. The number of nitrogens with zero attached hydrogens (tertiary/aromatic N) is 1. The minimum Gasteiger partial charge on any atom is -0.480 e. The van der Waals surface area contributed by atoms with E-state index in [4.69, 9.17) is 33.0 Å². The lowest BCUT2D eigenvalue weighted by atomic mass is 10.2. The smallest absolute Gasteiger partial charge is 0.341 e. The van der Waals surface area contributed by atoms with Gasteiger partial charge in [0.05, 0.1) is 29.6 Å². The van der Waals surface area contributed by atoms with Gasteiger partial charge < -0.3 is 15.2 Å². The quantitative estimate of drug-likeness (QED) is 0.432. The van der Waals surface area contributed by atoms with Gasteiger partial charge in [0.2, 0.25) is 0 Å². The number of rotatable bonds is 5. The van der Waals surface area contributed by atoms with E-state index in [1.807, 2.05) is 0 Å². The molecular formula is C18H10Br2Cl2N2O4S. The van der Waals surface area contributed by atoms with Gasteiger partial charge in [-0.25, -0.2) is 9.79 Å². The molecule has 150 valence electrons. The molecule has 0 aromatic heterocycles. The minimum absolute atomic E-state index is 0.285. The van der Waals surface area contributed by atoms with Crippen molar-refractivity contribution in [2.75, 3.05) is 6.61 Å². The molecular weight excluding hydrogens is 571 g/mol. The number of carbonyl (C=O) groups is 2. The van der Waals surface area contributed by atoms with Crippen molar-refractivity contribution in [3.05, 3.63) is 59.8 Å². The van der Waals surface area contributed by atoms with E-state index in [9.17, 15) is 9.59 Å². The van der Waals surface area contributed by atoms with Crippen molar-refractivity contribution in [2.24, 2.45) is 4.99 Å². The maximum Gasteiger partial charge on any atom is 0.341 e. The predicted molar refractivity (Wildman–Crippen MR) is 122 cm³/mol. The second-order valence-electron chi connectivity index (χ2n) is 5.58. The number of benzene rings is 2. The molecule has 29 heavy (non-hydrogen) atoms. The Bertz CT molecular complexity index is 1050. The molecule has 1 aliphatic heterocycles. The number of thioether (sulfide) groups is 1. The van der Waals surface area contributed by atoms with Crippen molar-refractivity contribution in [3.8, 4) is 5.75 Å². The van der Waals surface area contributed by atoms with Gasteiger partial charge in [-0.1, -0.05) is 23.2 Å². The van der Waals surface area contributed by atoms with Crippen LogP contribution in [-0.2, 0) is 9.59 Å². The maximum absolute atomic E-state index is 12.3. The number of hydrogen-bond donors (Lipinski definition) is 2. The number of aliphatic imine (C=N–C) groups is 1. The Kier molecular flexibility index (Phi) is 7.28. The molecule has 0 saturated carbocycles. The van der Waals surface area contributed by atoms with Crippen LogP contribution in [0.4, 0.5) is 5.69 Å². The van der Waals surface area contributed by atoms with Crippen LogP contribution in [0.2, 0.25) is 10.0 Å². The summed E-state index contributed by atoms with van der Waals surface area (Å²) in [6.07, 6.45) is 1.69. The van der Waals surface area contributed by atoms with Crippen LogP contribution in [0.1, 0.15) is 5.56 Å². The first-order chi connectivity index (χ1) is 13.7. The van der Waals surface area contributed by atoms with Crippen LogP contribution in [0.25, 0.3) is 6.08 Å². The summed E-state index contributed by atoms with van der Waals surface area (Å²) in [6.45, 7) is -0.468. The molecule has 0 unspecified atom stereocenters. The van der Waals surface area contributed by atoms with E-state index in [0.717, 1.165) is 0 Å². The van der Waals surface area contributed by atoms with Gasteiger partial charge in [-0.2, -0.15) is 0 Å². The molecule has 0 radical (unpaired) electrons. The zero-order valence-corrected chi connectivity index (χ0v) is 19.7. The van der Waals surface area contributed by atoms with Gasteiger partial charge in [0.25, 0.3) is 5.91 Å². The number of nitrogens with one attached hydrogen (secondary N) is 1. The molecule has 1 saturated heterocycles. The lowest BCUT2D eigenvalue weighted by Gasteiger charge is -2.09. The Hall–Kier alpha value is -1.52. The molecule has 1 amide bonds. The number of amides is 1. The Morgan fingerprint density at radius 2 is 1.90 bits per heavy atom. The fourth-order valence-corrected chi connectivity index (χ4v) is 4.82. The minimum atomic E-state index is -1.08. The average Bonchev–Trinajstić information content (AvgIpc) is 2.96. The highest BCUT2D eigenvalue weighted by atomic mass is 79.9. The summed E-state index contributed by atoms with van der Waals surface area (Å²) in [7, 11) is 0. The number of carbonyl (C=O) groups excluding carboxylic acids is 1. The summed E-state index contributed by atoms with van der Waals surface area (Å²) in [5.74, 6) is -1.00. The van der Waals surface area contributed by atoms with Crippen molar-refractivity contribution in [3.63, 3.8) is 0 Å². The van der Waals surface area contributed by atoms with Crippen molar-refractivity contribution >= 4 is 95.6 Å². The number of carboxylic acid groups (broad SMARTS) is 1. The number of hydrogen-bond acceptors (Lipinski definition) is 5. The van der Waals surface area contributed by atoms with Crippen LogP contribution in [0.15, 0.2) is 49.2 Å². The van der Waals surface area contributed by atoms with Gasteiger partial charge in [-0.15, -0.1) is 0 Å². The van der Waals surface area contributed by atoms with E-state index >= 15 is 0 Å². The van der Waals surface area contributed by atoms with Gasteiger partial charge in [0.15, 0.2) is 11.8 Å². The summed E-state index contributed by atoms with van der Waals surface area (Å²) in [5.41, 5.74) is 1.27. The monoisotopic (exact) mass is 578 g/mol. The van der Waals surface area contributed by atoms with E-state index in [-0.39, 0.29) is 5.91 Å². The summed E-state index contributed by atoms with van der Waals surface area (Å²) < 4.78 is 6.34. The van der Waals surface area contributed by atoms with E-state index in [1.54, 1.807) is 36.4 Å². The molecule has 1 fully saturated rings. The molecule has 0 bridgehead atoms. The molecule has 11 heteroatoms. The number of halogens is 4. The lowest BCUT2D eigenvalue weighted by Crippen LogP contribution is -2.19. The number of amidine groups is 1. The third-order valence-corrected chi connectivity index (χ3v) is 6.27. The molecule has 1 heterocycles. The van der Waals surface area contributed by atoms with Gasteiger partial charge in [-0.3, -0.25) is 4.79 Å². The number of ether oxygens (including phenoxy) is 1. The molecule has 0 aliphatic carbocycles. The Balaban J connectivity index is 1.82. The van der Waals surface area contributed by atoms with Crippen molar-refractivity contribution < 1.29 is 19.4 Å². The molecule has 0 atom stereocenters. The van der Waals surface area contributed by atoms with Crippen LogP contribution >= 0.6 is 66.8 Å². The summed E-state index contributed by atoms with van der Waals surface area (Å²) >= 11 is 19.8. The molecule has 2 aromatic carbocycles. The van der Waals surface area contributed by atoms with E-state index in [1.165, 1.54) is 11.8 Å². The Morgan fingerprint density at radius 3 is 2.52 bits per heavy atom. The fourth-order valence-electron chi connectivity index (χ4n) is 2.24. The zero-order valence-electron chi connectivity index (χ0n) is 14.2. The van der Waals surface area contributed by atoms with Crippen LogP contribution < -0.4 is 10.1 Å². The number of aliphatic carboxylic acids is 1. The van der Waals surface area contributed by atoms with Gasteiger partial charge >= 0.3 is 5.97 Å². The van der Waals surface area contributed by atoms with Gasteiger partial charge in [0, 0.05) is 0 Å². The first-order valence-corrected chi connectivity index (χ1v) is 11.0. The normalized spacial score (nSPS) is 16.3. The van der Waals surface area contributed by atoms with Crippen molar-refractivity contribution in [1.82, 2.24) is 5.32 Å². The predicted octanol–water partition coefficient (Wildman–Crippen LogP) is 5.87. The van der Waals surface area contributed by atoms with E-state index in [0.29, 0.717) is 46.1 Å². The lowest BCUT2D eigenvalue weighted by molar-refractivity contribution is -0.139. The van der Waals surface area contributed by atoms with Crippen LogP contribution in [-0.4, -0.2) is 28.8 Å². The van der Waals surface area contributed by atoms with E-state index < -0.39 is 12.6 Å². The molecule has 2 N–H and O–H groups in total. The second-order valence-corrected chi connectivity index (χ2v) is 9.13. The molecule has 1 aliphatic rings. The second kappa shape index (κ2) is 9.53. The third-order valence-electron chi connectivity index (χ3n) is 3.44. The van der Waals surface area contributed by atoms with Crippen LogP contribution in [0.3, 0.4) is 0 Å². The highest BCUT2D eigenvalue weighted by molar-refractivity contribution is 9.11. The third kappa shape index (κ3) is 5.76. The van der Waals surface area contributed by atoms with Crippen LogP contribution in [0.5, 0.6) is 5.75 Å². The Labute approximate surface area is 196 Å². The number of carboxylic acids is 1. The first-order valence-electron chi connectivity index (χ1n) is 7.81. The molecule has 3 rings (SSSR count). The Morgan fingerprint density at radius 1 is 1.21 bits per heavy atom. The zero-order chi connectivity index (χ0) is 21.1. The van der Waals surface area contributed by atoms with Crippen LogP contribution in [0, 0.1) is 0 Å². The van der Waals surface area contributed by atoms with Crippen molar-refractivity contribution in [1.29, 1.82) is 0 Å². The van der Waals surface area contributed by atoms with Gasteiger partial charge in [-0.05, 0) is 85.6 Å². The summed E-state index contributed by atoms with van der Waals surface area (Å²) in [4.78, 5) is 27.8. The highest BCUT2D eigenvalue weighted by Gasteiger charge is 2.24.